The largest absolute Gasteiger partial charge is 0.263 e. The van der Waals surface area contributed by atoms with Crippen molar-refractivity contribution >= 4 is 12.6 Å². The summed E-state index contributed by atoms with van der Waals surface area (Å²) in [6, 6.07) is 1.71. The number of rotatable bonds is 1. The van der Waals surface area contributed by atoms with Crippen LogP contribution in [0.25, 0.3) is 0 Å². The summed E-state index contributed by atoms with van der Waals surface area (Å²) in [6.45, 7) is -0.221. The number of pyridine rings is 1. The Balaban J connectivity index is 2.94. The number of hydrogen-bond donors (Lipinski definition) is 1. The predicted molar refractivity (Wildman–Crippen MR) is 35.9 cm³/mol. The molecule has 2 nitrogen and oxygen atoms in total. The molecule has 0 atom stereocenters. The van der Waals surface area contributed by atoms with Crippen LogP contribution in [0, 0.1) is 0 Å². The highest BCUT2D eigenvalue weighted by molar-refractivity contribution is 7.80. The molecule has 0 amide bonds. The molecule has 0 bridgehead atoms. The van der Waals surface area contributed by atoms with Gasteiger partial charge in [-0.25, -0.2) is 5.11 Å². The Hall–Kier alpha value is -0.540. The van der Waals surface area contributed by atoms with Crippen LogP contribution in [0.3, 0.4) is 0 Å². The Morgan fingerprint density at radius 2 is 2.33 bits per heavy atom. The second kappa shape index (κ2) is 2.85. The molecule has 0 fully saturated rings. The zero-order valence-electron chi connectivity index (χ0n) is 4.74. The zero-order valence-corrected chi connectivity index (χ0v) is 5.64. The molecule has 0 aromatic carbocycles. The maximum atomic E-state index is 10.2. The molecule has 0 saturated heterocycles. The fraction of sp³-hybridized carbons (Fsp3) is 0.167. The van der Waals surface area contributed by atoms with Gasteiger partial charge in [0.25, 0.3) is 0 Å². The summed E-state index contributed by atoms with van der Waals surface area (Å²) in [5, 5.41) is 10.2. The van der Waals surface area contributed by atoms with Gasteiger partial charge >= 0.3 is 0 Å². The summed E-state index contributed by atoms with van der Waals surface area (Å²) in [5.74, 6) is 0. The first-order valence-electron chi connectivity index (χ1n) is 2.54. The fourth-order valence-electron chi connectivity index (χ4n) is 0.553. The van der Waals surface area contributed by atoms with Gasteiger partial charge in [-0.15, -0.1) is 12.6 Å². The second-order valence-electron chi connectivity index (χ2n) is 1.70. The SMILES string of the molecule is [O]Cc1cncc(S)c1. The number of hydrogen-bond acceptors (Lipinski definition) is 2. The van der Waals surface area contributed by atoms with Crippen molar-refractivity contribution in [3.63, 3.8) is 0 Å². The summed E-state index contributed by atoms with van der Waals surface area (Å²) in [4.78, 5) is 4.52. The minimum absolute atomic E-state index is 0.221. The van der Waals surface area contributed by atoms with E-state index in [9.17, 15) is 5.11 Å². The first kappa shape index (κ1) is 6.58. The van der Waals surface area contributed by atoms with Gasteiger partial charge in [-0.1, -0.05) is 0 Å². The molecule has 0 N–H and O–H groups in total. The Bertz CT molecular complexity index is 202. The van der Waals surface area contributed by atoms with Crippen LogP contribution in [-0.2, 0) is 11.7 Å². The fourth-order valence-corrected chi connectivity index (χ4v) is 0.785. The van der Waals surface area contributed by atoms with E-state index in [2.05, 4.69) is 17.6 Å². The highest BCUT2D eigenvalue weighted by Gasteiger charge is 1.89. The molecule has 1 radical (unpaired) electrons. The first-order valence-corrected chi connectivity index (χ1v) is 2.98. The van der Waals surface area contributed by atoms with Crippen LogP contribution < -0.4 is 0 Å². The first-order chi connectivity index (χ1) is 4.33. The van der Waals surface area contributed by atoms with E-state index in [1.54, 1.807) is 18.5 Å². The van der Waals surface area contributed by atoms with E-state index < -0.39 is 0 Å². The molecule has 0 unspecified atom stereocenters. The molecule has 1 aromatic rings. The van der Waals surface area contributed by atoms with E-state index in [1.165, 1.54) is 0 Å². The molecule has 3 heteroatoms. The topological polar surface area (TPSA) is 32.8 Å². The van der Waals surface area contributed by atoms with Crippen LogP contribution in [0.2, 0.25) is 0 Å². The van der Waals surface area contributed by atoms with Gasteiger partial charge in [0.15, 0.2) is 0 Å². The van der Waals surface area contributed by atoms with E-state index in [4.69, 9.17) is 0 Å². The Labute approximate surface area is 59.0 Å². The zero-order chi connectivity index (χ0) is 6.69. The summed E-state index contributed by atoms with van der Waals surface area (Å²) in [6.07, 6.45) is 3.15. The lowest BCUT2D eigenvalue weighted by atomic mass is 10.3. The molecular formula is C6H6NOS. The van der Waals surface area contributed by atoms with Crippen LogP contribution >= 0.6 is 12.6 Å². The van der Waals surface area contributed by atoms with Gasteiger partial charge in [0.1, 0.15) is 6.61 Å². The van der Waals surface area contributed by atoms with Gasteiger partial charge < -0.3 is 0 Å². The molecule has 1 aromatic heterocycles. The van der Waals surface area contributed by atoms with Crippen molar-refractivity contribution in [3.8, 4) is 0 Å². The van der Waals surface area contributed by atoms with Crippen LogP contribution in [0.5, 0.6) is 0 Å². The molecular weight excluding hydrogens is 134 g/mol. The van der Waals surface area contributed by atoms with E-state index >= 15 is 0 Å². The molecule has 9 heavy (non-hydrogen) atoms. The van der Waals surface area contributed by atoms with Gasteiger partial charge in [0.2, 0.25) is 0 Å². The lowest BCUT2D eigenvalue weighted by Gasteiger charge is -1.92. The third-order valence-electron chi connectivity index (χ3n) is 0.947. The van der Waals surface area contributed by atoms with E-state index in [0.29, 0.717) is 5.56 Å². The van der Waals surface area contributed by atoms with Gasteiger partial charge in [0.05, 0.1) is 0 Å². The smallest absolute Gasteiger partial charge is 0.109 e. The number of nitrogens with zero attached hydrogens (tertiary/aromatic N) is 1. The van der Waals surface area contributed by atoms with Crippen molar-refractivity contribution in [3.05, 3.63) is 24.0 Å². The molecule has 0 aliphatic carbocycles. The molecule has 47 valence electrons. The second-order valence-corrected chi connectivity index (χ2v) is 2.21. The third kappa shape index (κ3) is 1.69. The van der Waals surface area contributed by atoms with Crippen molar-refractivity contribution < 1.29 is 5.11 Å². The van der Waals surface area contributed by atoms with Crippen molar-refractivity contribution in [2.75, 3.05) is 0 Å². The van der Waals surface area contributed by atoms with E-state index in [0.717, 1.165) is 4.90 Å². The van der Waals surface area contributed by atoms with Gasteiger partial charge in [0, 0.05) is 22.9 Å². The molecule has 0 aliphatic heterocycles. The number of thiol groups is 1. The van der Waals surface area contributed by atoms with Gasteiger partial charge in [-0.05, 0) is 6.07 Å². The Morgan fingerprint density at radius 3 is 2.78 bits per heavy atom. The van der Waals surface area contributed by atoms with Gasteiger partial charge in [-0.3, -0.25) is 4.98 Å². The minimum Gasteiger partial charge on any atom is -0.263 e. The van der Waals surface area contributed by atoms with Crippen molar-refractivity contribution in [1.82, 2.24) is 4.98 Å². The summed E-state index contributed by atoms with van der Waals surface area (Å²) < 4.78 is 0. The van der Waals surface area contributed by atoms with E-state index in [1.807, 2.05) is 0 Å². The van der Waals surface area contributed by atoms with Crippen LogP contribution in [0.1, 0.15) is 5.56 Å². The highest BCUT2D eigenvalue weighted by atomic mass is 32.1. The Morgan fingerprint density at radius 1 is 1.56 bits per heavy atom. The van der Waals surface area contributed by atoms with Crippen LogP contribution in [0.15, 0.2) is 23.4 Å². The van der Waals surface area contributed by atoms with Crippen LogP contribution in [0.4, 0.5) is 0 Å². The highest BCUT2D eigenvalue weighted by Crippen LogP contribution is 2.05. The third-order valence-corrected chi connectivity index (χ3v) is 1.19. The average molecular weight is 140 g/mol. The molecule has 0 spiro atoms. The molecule has 0 saturated carbocycles. The van der Waals surface area contributed by atoms with Crippen molar-refractivity contribution in [1.29, 1.82) is 0 Å². The molecule has 0 aliphatic rings. The van der Waals surface area contributed by atoms with Crippen molar-refractivity contribution in [2.45, 2.75) is 11.5 Å². The van der Waals surface area contributed by atoms with Crippen molar-refractivity contribution in [2.24, 2.45) is 0 Å². The summed E-state index contributed by atoms with van der Waals surface area (Å²) in [5.41, 5.74) is 0.683. The Kier molecular flexibility index (Phi) is 2.08. The monoisotopic (exact) mass is 140 g/mol. The summed E-state index contributed by atoms with van der Waals surface area (Å²) in [7, 11) is 0. The maximum absolute atomic E-state index is 10.2. The normalized spacial score (nSPS) is 9.56. The lowest BCUT2D eigenvalue weighted by molar-refractivity contribution is 0.177. The maximum Gasteiger partial charge on any atom is 0.109 e. The van der Waals surface area contributed by atoms with Gasteiger partial charge in [-0.2, -0.15) is 0 Å². The quantitative estimate of drug-likeness (QED) is 0.586. The predicted octanol–water partition coefficient (Wildman–Crippen LogP) is 1.30. The lowest BCUT2D eigenvalue weighted by Crippen LogP contribution is -1.82. The van der Waals surface area contributed by atoms with Crippen LogP contribution in [-0.4, -0.2) is 4.98 Å². The minimum atomic E-state index is -0.221. The summed E-state index contributed by atoms with van der Waals surface area (Å²) >= 11 is 4.01. The van der Waals surface area contributed by atoms with E-state index in [-0.39, 0.29) is 6.61 Å². The molecule has 1 rings (SSSR count). The molecule has 1 heterocycles. The number of aromatic nitrogens is 1. The average Bonchev–Trinajstić information content (AvgIpc) is 1.88. The standard InChI is InChI=1S/C6H6NOS/c8-4-5-1-6(9)3-7-2-5/h1-3,9H,4H2.